The van der Waals surface area contributed by atoms with Crippen molar-refractivity contribution in [1.82, 2.24) is 15.5 Å². The zero-order valence-electron chi connectivity index (χ0n) is 15.5. The standard InChI is InChI=1S/C19H32N4O.HI/c1-20-19(21-12-6-9-17-7-4-3-5-8-17)22-13-14-23(15-16-24-2)18-10-11-18;/h3-5,7-8,18H,6,9-16H2,1-2H3,(H2,20,21,22);1H. The highest BCUT2D eigenvalue weighted by molar-refractivity contribution is 14.0. The van der Waals surface area contributed by atoms with Gasteiger partial charge in [-0.05, 0) is 31.2 Å². The van der Waals surface area contributed by atoms with Gasteiger partial charge in [-0.3, -0.25) is 9.89 Å². The molecule has 1 aliphatic carbocycles. The van der Waals surface area contributed by atoms with E-state index in [9.17, 15) is 0 Å². The molecule has 6 heteroatoms. The van der Waals surface area contributed by atoms with Crippen molar-refractivity contribution >= 4 is 29.9 Å². The molecule has 1 aromatic rings. The lowest BCUT2D eigenvalue weighted by Gasteiger charge is -2.22. The first-order chi connectivity index (χ1) is 11.8. The third-order valence-electron chi connectivity index (χ3n) is 4.34. The largest absolute Gasteiger partial charge is 0.383 e. The monoisotopic (exact) mass is 460 g/mol. The number of nitrogens with zero attached hydrogens (tertiary/aromatic N) is 2. The van der Waals surface area contributed by atoms with Crippen molar-refractivity contribution in [2.75, 3.05) is 46.9 Å². The van der Waals surface area contributed by atoms with Crippen molar-refractivity contribution < 1.29 is 4.74 Å². The van der Waals surface area contributed by atoms with Crippen LogP contribution in [-0.2, 0) is 11.2 Å². The van der Waals surface area contributed by atoms with Gasteiger partial charge in [0.05, 0.1) is 6.61 Å². The molecule has 2 rings (SSSR count). The van der Waals surface area contributed by atoms with Crippen LogP contribution in [0.4, 0.5) is 0 Å². The Morgan fingerprint density at radius 1 is 1.16 bits per heavy atom. The predicted molar refractivity (Wildman–Crippen MR) is 116 cm³/mol. The van der Waals surface area contributed by atoms with Crippen LogP contribution in [0.3, 0.4) is 0 Å². The molecule has 1 aliphatic rings. The summed E-state index contributed by atoms with van der Waals surface area (Å²) in [7, 11) is 3.60. The summed E-state index contributed by atoms with van der Waals surface area (Å²) in [6.45, 7) is 4.72. The molecule has 1 fully saturated rings. The molecule has 2 N–H and O–H groups in total. The molecule has 0 bridgehead atoms. The molecule has 0 aliphatic heterocycles. The first-order valence-electron chi connectivity index (χ1n) is 9.05. The van der Waals surface area contributed by atoms with Crippen LogP contribution in [0.25, 0.3) is 0 Å². The number of ether oxygens (including phenoxy) is 1. The minimum Gasteiger partial charge on any atom is -0.383 e. The molecule has 25 heavy (non-hydrogen) atoms. The second-order valence-corrected chi connectivity index (χ2v) is 6.27. The lowest BCUT2D eigenvalue weighted by atomic mass is 10.1. The highest BCUT2D eigenvalue weighted by atomic mass is 127. The average Bonchev–Trinajstić information content (AvgIpc) is 3.45. The molecule has 0 aromatic heterocycles. The van der Waals surface area contributed by atoms with Gasteiger partial charge in [-0.1, -0.05) is 30.3 Å². The van der Waals surface area contributed by atoms with Crippen LogP contribution < -0.4 is 10.6 Å². The number of aryl methyl sites for hydroxylation is 1. The quantitative estimate of drug-likeness (QED) is 0.231. The Hall–Kier alpha value is -0.860. The van der Waals surface area contributed by atoms with E-state index in [0.717, 1.165) is 57.6 Å². The van der Waals surface area contributed by atoms with Crippen molar-refractivity contribution in [2.24, 2.45) is 4.99 Å². The fourth-order valence-electron chi connectivity index (χ4n) is 2.81. The molecular formula is C19H33IN4O. The molecule has 0 radical (unpaired) electrons. The van der Waals surface area contributed by atoms with Crippen LogP contribution in [0.5, 0.6) is 0 Å². The third kappa shape index (κ3) is 9.42. The van der Waals surface area contributed by atoms with Gasteiger partial charge in [-0.25, -0.2) is 0 Å². The van der Waals surface area contributed by atoms with E-state index in [0.29, 0.717) is 0 Å². The van der Waals surface area contributed by atoms with Crippen molar-refractivity contribution in [3.05, 3.63) is 35.9 Å². The van der Waals surface area contributed by atoms with E-state index >= 15 is 0 Å². The van der Waals surface area contributed by atoms with Gasteiger partial charge >= 0.3 is 0 Å². The lowest BCUT2D eigenvalue weighted by Crippen LogP contribution is -2.43. The Labute approximate surface area is 169 Å². The van der Waals surface area contributed by atoms with E-state index in [-0.39, 0.29) is 24.0 Å². The number of rotatable bonds is 11. The molecule has 0 saturated heterocycles. The first kappa shape index (κ1) is 22.2. The van der Waals surface area contributed by atoms with Gasteiger partial charge in [0, 0.05) is 46.4 Å². The summed E-state index contributed by atoms with van der Waals surface area (Å²) in [4.78, 5) is 6.82. The van der Waals surface area contributed by atoms with Gasteiger partial charge in [0.25, 0.3) is 0 Å². The summed E-state index contributed by atoms with van der Waals surface area (Å²) < 4.78 is 5.20. The minimum atomic E-state index is 0. The summed E-state index contributed by atoms with van der Waals surface area (Å²) in [6.07, 6.45) is 4.86. The molecule has 0 unspecified atom stereocenters. The fourth-order valence-corrected chi connectivity index (χ4v) is 2.81. The summed E-state index contributed by atoms with van der Waals surface area (Å²) in [5.41, 5.74) is 1.39. The Morgan fingerprint density at radius 3 is 2.52 bits per heavy atom. The summed E-state index contributed by atoms with van der Waals surface area (Å²) in [6, 6.07) is 11.4. The summed E-state index contributed by atoms with van der Waals surface area (Å²) in [5.74, 6) is 0.894. The SMILES string of the molecule is CN=C(NCCCc1ccccc1)NCCN(CCOC)C1CC1.I. The topological polar surface area (TPSA) is 48.9 Å². The minimum absolute atomic E-state index is 0. The number of benzene rings is 1. The Bertz CT molecular complexity index is 480. The maximum Gasteiger partial charge on any atom is 0.191 e. The highest BCUT2D eigenvalue weighted by Crippen LogP contribution is 2.25. The lowest BCUT2D eigenvalue weighted by molar-refractivity contribution is 0.144. The second kappa shape index (κ2) is 13.4. The van der Waals surface area contributed by atoms with Crippen LogP contribution in [0, 0.1) is 0 Å². The molecule has 0 spiro atoms. The van der Waals surface area contributed by atoms with Gasteiger partial charge < -0.3 is 15.4 Å². The number of hydrogen-bond donors (Lipinski definition) is 2. The number of halogens is 1. The Morgan fingerprint density at radius 2 is 1.88 bits per heavy atom. The zero-order valence-corrected chi connectivity index (χ0v) is 17.9. The second-order valence-electron chi connectivity index (χ2n) is 6.27. The number of aliphatic imine (C=N–C) groups is 1. The third-order valence-corrected chi connectivity index (χ3v) is 4.34. The van der Waals surface area contributed by atoms with Gasteiger partial charge in [-0.15, -0.1) is 24.0 Å². The van der Waals surface area contributed by atoms with E-state index in [1.165, 1.54) is 18.4 Å². The van der Waals surface area contributed by atoms with E-state index in [1.54, 1.807) is 7.11 Å². The van der Waals surface area contributed by atoms with Gasteiger partial charge in [0.15, 0.2) is 5.96 Å². The Balaban J connectivity index is 0.00000312. The van der Waals surface area contributed by atoms with Crippen molar-refractivity contribution in [3.8, 4) is 0 Å². The predicted octanol–water partition coefficient (Wildman–Crippen LogP) is 2.51. The van der Waals surface area contributed by atoms with Crippen LogP contribution >= 0.6 is 24.0 Å². The van der Waals surface area contributed by atoms with Gasteiger partial charge in [-0.2, -0.15) is 0 Å². The number of guanidine groups is 1. The fraction of sp³-hybridized carbons (Fsp3) is 0.632. The zero-order chi connectivity index (χ0) is 17.0. The van der Waals surface area contributed by atoms with Crippen LogP contribution in [0.1, 0.15) is 24.8 Å². The molecule has 142 valence electrons. The number of hydrogen-bond acceptors (Lipinski definition) is 3. The number of methoxy groups -OCH3 is 1. The molecule has 1 saturated carbocycles. The highest BCUT2D eigenvalue weighted by Gasteiger charge is 2.28. The molecule has 1 aromatic carbocycles. The van der Waals surface area contributed by atoms with Crippen molar-refractivity contribution in [3.63, 3.8) is 0 Å². The smallest absolute Gasteiger partial charge is 0.191 e. The van der Waals surface area contributed by atoms with Gasteiger partial charge in [0.1, 0.15) is 0 Å². The maximum atomic E-state index is 5.20. The molecule has 0 heterocycles. The molecule has 5 nitrogen and oxygen atoms in total. The van der Waals surface area contributed by atoms with Gasteiger partial charge in [0.2, 0.25) is 0 Å². The summed E-state index contributed by atoms with van der Waals surface area (Å²) >= 11 is 0. The summed E-state index contributed by atoms with van der Waals surface area (Å²) in [5, 5.41) is 6.81. The van der Waals surface area contributed by atoms with E-state index < -0.39 is 0 Å². The van der Waals surface area contributed by atoms with E-state index in [1.807, 2.05) is 7.05 Å². The van der Waals surface area contributed by atoms with E-state index in [2.05, 4.69) is 50.9 Å². The van der Waals surface area contributed by atoms with Crippen molar-refractivity contribution in [1.29, 1.82) is 0 Å². The normalized spacial score (nSPS) is 14.3. The van der Waals surface area contributed by atoms with Crippen molar-refractivity contribution in [2.45, 2.75) is 31.7 Å². The number of nitrogens with one attached hydrogen (secondary N) is 2. The molecular weight excluding hydrogens is 427 g/mol. The van der Waals surface area contributed by atoms with Crippen LogP contribution in [0.2, 0.25) is 0 Å². The first-order valence-corrected chi connectivity index (χ1v) is 9.05. The molecule has 0 amide bonds. The average molecular weight is 460 g/mol. The Kier molecular flexibility index (Phi) is 11.9. The maximum absolute atomic E-state index is 5.20. The van der Waals surface area contributed by atoms with Crippen LogP contribution in [0.15, 0.2) is 35.3 Å². The van der Waals surface area contributed by atoms with E-state index in [4.69, 9.17) is 4.74 Å². The van der Waals surface area contributed by atoms with Crippen LogP contribution in [-0.4, -0.2) is 63.8 Å². The molecule has 0 atom stereocenters.